The van der Waals surface area contributed by atoms with Crippen LogP contribution in [0.2, 0.25) is 5.15 Å². The molecule has 1 rings (SSSR count). The fourth-order valence-corrected chi connectivity index (χ4v) is 0.627. The van der Waals surface area contributed by atoms with Gasteiger partial charge in [-0.25, -0.2) is 4.98 Å². The van der Waals surface area contributed by atoms with Crippen LogP contribution in [0.15, 0.2) is 18.3 Å². The summed E-state index contributed by atoms with van der Waals surface area (Å²) in [6.07, 6.45) is 1.40. The van der Waals surface area contributed by atoms with Gasteiger partial charge in [0.2, 0.25) is 6.79 Å². The van der Waals surface area contributed by atoms with Gasteiger partial charge in [0.15, 0.2) is 0 Å². The highest BCUT2D eigenvalue weighted by molar-refractivity contribution is 6.29. The zero-order valence-electron chi connectivity index (χ0n) is 5.08. The lowest BCUT2D eigenvalue weighted by Gasteiger charge is -1.97. The van der Waals surface area contributed by atoms with Gasteiger partial charge in [0, 0.05) is 0 Å². The first kappa shape index (κ1) is 7.31. The summed E-state index contributed by atoms with van der Waals surface area (Å²) in [4.78, 5) is 3.70. The number of nitrogens with zero attached hydrogens (tertiary/aromatic N) is 1. The first-order chi connectivity index (χ1) is 4.83. The maximum absolute atomic E-state index is 9.90. The van der Waals surface area contributed by atoms with Gasteiger partial charge in [0.1, 0.15) is 10.9 Å². The SMILES string of the molecule is [O]COc1ccc(Cl)nc1. The van der Waals surface area contributed by atoms with Crippen molar-refractivity contribution in [3.8, 4) is 5.75 Å². The van der Waals surface area contributed by atoms with E-state index in [1.165, 1.54) is 6.20 Å². The second-order valence-electron chi connectivity index (χ2n) is 1.58. The molecule has 4 heteroatoms. The summed E-state index contributed by atoms with van der Waals surface area (Å²) in [6.45, 7) is -0.594. The highest BCUT2D eigenvalue weighted by Gasteiger charge is 1.91. The van der Waals surface area contributed by atoms with Crippen molar-refractivity contribution in [2.45, 2.75) is 0 Å². The van der Waals surface area contributed by atoms with E-state index in [2.05, 4.69) is 9.72 Å². The summed E-state index contributed by atoms with van der Waals surface area (Å²) in [7, 11) is 0. The van der Waals surface area contributed by atoms with Gasteiger partial charge in [0.25, 0.3) is 0 Å². The first-order valence-corrected chi connectivity index (χ1v) is 3.03. The minimum absolute atomic E-state index is 0.387. The molecule has 0 atom stereocenters. The number of hydrogen-bond acceptors (Lipinski definition) is 2. The van der Waals surface area contributed by atoms with Gasteiger partial charge in [-0.2, -0.15) is 5.11 Å². The molecular formula is C6H5ClNO2. The zero-order valence-corrected chi connectivity index (χ0v) is 5.84. The summed E-state index contributed by atoms with van der Waals surface area (Å²) in [6, 6.07) is 3.15. The molecule has 0 aliphatic carbocycles. The molecule has 0 amide bonds. The summed E-state index contributed by atoms with van der Waals surface area (Å²) < 4.78 is 4.58. The number of rotatable bonds is 2. The van der Waals surface area contributed by atoms with E-state index in [0.29, 0.717) is 10.9 Å². The molecule has 0 spiro atoms. The van der Waals surface area contributed by atoms with E-state index in [0.717, 1.165) is 0 Å². The van der Waals surface area contributed by atoms with E-state index in [1.807, 2.05) is 0 Å². The second kappa shape index (κ2) is 3.39. The molecule has 1 radical (unpaired) electrons. The van der Waals surface area contributed by atoms with E-state index in [-0.39, 0.29) is 0 Å². The Labute approximate surface area is 63.2 Å². The molecule has 1 aromatic heterocycles. The second-order valence-corrected chi connectivity index (χ2v) is 1.97. The molecule has 3 nitrogen and oxygen atoms in total. The molecular weight excluding hydrogens is 154 g/mol. The minimum atomic E-state index is -0.594. The maximum atomic E-state index is 9.90. The van der Waals surface area contributed by atoms with E-state index >= 15 is 0 Å². The number of pyridine rings is 1. The van der Waals surface area contributed by atoms with E-state index in [9.17, 15) is 5.11 Å². The summed E-state index contributed by atoms with van der Waals surface area (Å²) in [5, 5.41) is 10.3. The van der Waals surface area contributed by atoms with E-state index in [1.54, 1.807) is 12.1 Å². The van der Waals surface area contributed by atoms with Crippen molar-refractivity contribution in [2.24, 2.45) is 0 Å². The monoisotopic (exact) mass is 158 g/mol. The van der Waals surface area contributed by atoms with E-state index < -0.39 is 6.79 Å². The number of hydrogen-bond donors (Lipinski definition) is 0. The number of halogens is 1. The van der Waals surface area contributed by atoms with Crippen LogP contribution in [-0.2, 0) is 5.11 Å². The van der Waals surface area contributed by atoms with Crippen molar-refractivity contribution in [2.75, 3.05) is 6.79 Å². The summed E-state index contributed by atoms with van der Waals surface area (Å²) in [5.74, 6) is 0.444. The van der Waals surface area contributed by atoms with Crippen LogP contribution in [0.5, 0.6) is 5.75 Å². The third-order valence-corrected chi connectivity index (χ3v) is 1.15. The topological polar surface area (TPSA) is 42.0 Å². The van der Waals surface area contributed by atoms with Crippen LogP contribution in [0.25, 0.3) is 0 Å². The molecule has 0 aliphatic rings. The molecule has 0 aromatic carbocycles. The molecule has 1 heterocycles. The molecule has 0 fully saturated rings. The standard InChI is InChI=1S/C6H5ClNO2/c7-6-2-1-5(3-8-6)10-4-9/h1-3H,4H2. The van der Waals surface area contributed by atoms with Gasteiger partial charge in [-0.15, -0.1) is 0 Å². The Morgan fingerprint density at radius 2 is 2.40 bits per heavy atom. The summed E-state index contributed by atoms with van der Waals surface area (Å²) >= 11 is 5.47. The van der Waals surface area contributed by atoms with Crippen molar-refractivity contribution < 1.29 is 9.84 Å². The smallest absolute Gasteiger partial charge is 0.221 e. The van der Waals surface area contributed by atoms with Crippen molar-refractivity contribution in [1.29, 1.82) is 0 Å². The first-order valence-electron chi connectivity index (χ1n) is 2.65. The Kier molecular flexibility index (Phi) is 2.48. The molecule has 1 aromatic rings. The molecule has 10 heavy (non-hydrogen) atoms. The Hall–Kier alpha value is -0.800. The maximum Gasteiger partial charge on any atom is 0.221 e. The Morgan fingerprint density at radius 3 is 2.90 bits per heavy atom. The van der Waals surface area contributed by atoms with E-state index in [4.69, 9.17) is 11.6 Å². The van der Waals surface area contributed by atoms with Crippen LogP contribution >= 0.6 is 11.6 Å². The third-order valence-electron chi connectivity index (χ3n) is 0.926. The predicted molar refractivity (Wildman–Crippen MR) is 35.4 cm³/mol. The molecule has 0 N–H and O–H groups in total. The molecule has 53 valence electrons. The van der Waals surface area contributed by atoms with Crippen LogP contribution in [0.4, 0.5) is 0 Å². The van der Waals surface area contributed by atoms with Crippen molar-refractivity contribution in [3.05, 3.63) is 23.5 Å². The molecule has 0 bridgehead atoms. The predicted octanol–water partition coefficient (Wildman–Crippen LogP) is 1.50. The van der Waals surface area contributed by atoms with Crippen LogP contribution in [0, 0.1) is 0 Å². The Morgan fingerprint density at radius 1 is 1.60 bits per heavy atom. The van der Waals surface area contributed by atoms with Gasteiger partial charge >= 0.3 is 0 Å². The molecule has 0 unspecified atom stereocenters. The highest BCUT2D eigenvalue weighted by Crippen LogP contribution is 2.11. The molecule has 0 aliphatic heterocycles. The molecule has 0 saturated heterocycles. The zero-order chi connectivity index (χ0) is 7.40. The van der Waals surface area contributed by atoms with Gasteiger partial charge in [0.05, 0.1) is 6.20 Å². The fourth-order valence-electron chi connectivity index (χ4n) is 0.516. The molecule has 0 saturated carbocycles. The van der Waals surface area contributed by atoms with Gasteiger partial charge in [-0.3, -0.25) is 0 Å². The van der Waals surface area contributed by atoms with Gasteiger partial charge < -0.3 is 4.74 Å². The largest absolute Gasteiger partial charge is 0.463 e. The van der Waals surface area contributed by atoms with Crippen LogP contribution < -0.4 is 4.74 Å². The average Bonchev–Trinajstić information content (AvgIpc) is 1.95. The number of ether oxygens (including phenoxy) is 1. The van der Waals surface area contributed by atoms with Gasteiger partial charge in [-0.1, -0.05) is 11.6 Å². The van der Waals surface area contributed by atoms with Crippen molar-refractivity contribution in [3.63, 3.8) is 0 Å². The quantitative estimate of drug-likeness (QED) is 0.484. The minimum Gasteiger partial charge on any atom is -0.463 e. The summed E-state index contributed by atoms with van der Waals surface area (Å²) in [5.41, 5.74) is 0. The van der Waals surface area contributed by atoms with Crippen LogP contribution in [-0.4, -0.2) is 11.8 Å². The lowest BCUT2D eigenvalue weighted by molar-refractivity contribution is 0.0373. The van der Waals surface area contributed by atoms with Crippen LogP contribution in [0.3, 0.4) is 0 Å². The third kappa shape index (κ3) is 1.86. The average molecular weight is 159 g/mol. The fraction of sp³-hybridized carbons (Fsp3) is 0.167. The van der Waals surface area contributed by atoms with Crippen LogP contribution in [0.1, 0.15) is 0 Å². The Bertz CT molecular complexity index is 199. The lowest BCUT2D eigenvalue weighted by atomic mass is 10.5. The Balaban J connectivity index is 2.69. The van der Waals surface area contributed by atoms with Crippen molar-refractivity contribution >= 4 is 11.6 Å². The number of aromatic nitrogens is 1. The van der Waals surface area contributed by atoms with Crippen molar-refractivity contribution in [1.82, 2.24) is 4.98 Å². The highest BCUT2D eigenvalue weighted by atomic mass is 35.5. The normalized spacial score (nSPS) is 9.40. The van der Waals surface area contributed by atoms with Gasteiger partial charge in [-0.05, 0) is 12.1 Å². The lowest BCUT2D eigenvalue weighted by Crippen LogP contribution is -1.92.